The second kappa shape index (κ2) is 5.69. The summed E-state index contributed by atoms with van der Waals surface area (Å²) in [4.78, 5) is 12.3. The van der Waals surface area contributed by atoms with Gasteiger partial charge < -0.3 is 5.11 Å². The normalized spacial score (nSPS) is 20.5. The van der Waals surface area contributed by atoms with Crippen molar-refractivity contribution in [2.75, 3.05) is 0 Å². The zero-order valence-electron chi connectivity index (χ0n) is 13.4. The average Bonchev–Trinajstić information content (AvgIpc) is 3.19. The lowest BCUT2D eigenvalue weighted by Gasteiger charge is -2.32. The molecule has 25 heavy (non-hydrogen) atoms. The maximum atomic E-state index is 13.0. The third kappa shape index (κ3) is 2.90. The lowest BCUT2D eigenvalue weighted by molar-refractivity contribution is -0.297. The van der Waals surface area contributed by atoms with Gasteiger partial charge in [-0.25, -0.2) is 4.68 Å². The highest BCUT2D eigenvalue weighted by molar-refractivity contribution is 5.93. The largest absolute Gasteiger partial charge is 0.438 e. The molecule has 3 rings (SSSR count). The van der Waals surface area contributed by atoms with Gasteiger partial charge in [0.05, 0.1) is 5.69 Å². The van der Waals surface area contributed by atoms with Gasteiger partial charge in [0.25, 0.3) is 11.6 Å². The number of hydrazone groups is 1. The molecule has 1 aliphatic heterocycles. The van der Waals surface area contributed by atoms with E-state index in [1.165, 1.54) is 16.9 Å². The van der Waals surface area contributed by atoms with Crippen LogP contribution in [0.2, 0.25) is 0 Å². The molecule has 134 valence electrons. The molecule has 8 nitrogen and oxygen atoms in total. The van der Waals surface area contributed by atoms with Gasteiger partial charge in [0.1, 0.15) is 6.67 Å². The highest BCUT2D eigenvalue weighted by Crippen LogP contribution is 2.39. The molecule has 3 heterocycles. The Hall–Kier alpha value is -2.69. The number of aryl methyl sites for hydroxylation is 2. The van der Waals surface area contributed by atoms with Crippen molar-refractivity contribution in [1.29, 1.82) is 0 Å². The lowest BCUT2D eigenvalue weighted by atomic mass is 10.1. The summed E-state index contributed by atoms with van der Waals surface area (Å²) in [5.74, 6) is -1.14. The Kier molecular flexibility index (Phi) is 3.90. The molecule has 0 fully saturated rings. The van der Waals surface area contributed by atoms with Crippen molar-refractivity contribution in [3.63, 3.8) is 0 Å². The van der Waals surface area contributed by atoms with Crippen LogP contribution in [0.3, 0.4) is 0 Å². The van der Waals surface area contributed by atoms with Gasteiger partial charge in [0, 0.05) is 24.5 Å². The molecule has 1 unspecified atom stereocenters. The molecule has 1 aliphatic rings. The summed E-state index contributed by atoms with van der Waals surface area (Å²) < 4.78 is 42.1. The van der Waals surface area contributed by atoms with Crippen LogP contribution >= 0.6 is 0 Å². The quantitative estimate of drug-likeness (QED) is 0.897. The number of aliphatic hydroxyl groups is 1. The zero-order chi connectivity index (χ0) is 18.4. The Bertz CT molecular complexity index is 840. The van der Waals surface area contributed by atoms with Crippen LogP contribution in [0.25, 0.3) is 0 Å². The smallest absolute Gasteiger partial charge is 0.362 e. The number of carbonyl (C=O) groups is 1. The second-order valence-electron chi connectivity index (χ2n) is 5.74. The van der Waals surface area contributed by atoms with Gasteiger partial charge in [-0.15, -0.1) is 0 Å². The zero-order valence-corrected chi connectivity index (χ0v) is 13.4. The second-order valence-corrected chi connectivity index (χ2v) is 5.74. The summed E-state index contributed by atoms with van der Waals surface area (Å²) in [7, 11) is 0. The first kappa shape index (κ1) is 17.1. The number of rotatable bonds is 3. The van der Waals surface area contributed by atoms with E-state index in [1.54, 1.807) is 4.68 Å². The molecule has 0 saturated heterocycles. The van der Waals surface area contributed by atoms with E-state index >= 15 is 0 Å². The van der Waals surface area contributed by atoms with E-state index in [-0.39, 0.29) is 17.4 Å². The van der Waals surface area contributed by atoms with Gasteiger partial charge in [0.15, 0.2) is 5.69 Å². The number of hydrogen-bond donors (Lipinski definition) is 1. The molecular weight excluding hydrogens is 341 g/mol. The molecule has 0 saturated carbocycles. The van der Waals surface area contributed by atoms with Gasteiger partial charge in [-0.2, -0.15) is 33.5 Å². The van der Waals surface area contributed by atoms with Gasteiger partial charge in [-0.05, 0) is 26.0 Å². The van der Waals surface area contributed by atoms with Crippen LogP contribution in [-0.2, 0) is 6.67 Å². The first-order chi connectivity index (χ1) is 11.6. The van der Waals surface area contributed by atoms with Crippen LogP contribution in [0.5, 0.6) is 0 Å². The third-order valence-electron chi connectivity index (χ3n) is 3.81. The minimum Gasteiger partial charge on any atom is -0.362 e. The van der Waals surface area contributed by atoms with Crippen molar-refractivity contribution < 1.29 is 23.1 Å². The Balaban J connectivity index is 1.81. The Morgan fingerprint density at radius 3 is 2.68 bits per heavy atom. The molecule has 0 aromatic carbocycles. The maximum Gasteiger partial charge on any atom is 0.438 e. The van der Waals surface area contributed by atoms with E-state index < -0.39 is 24.2 Å². The van der Waals surface area contributed by atoms with Crippen molar-refractivity contribution in [3.8, 4) is 0 Å². The van der Waals surface area contributed by atoms with Crippen LogP contribution in [-0.4, -0.2) is 53.7 Å². The molecule has 0 aliphatic carbocycles. The number of alkyl halides is 3. The third-order valence-corrected chi connectivity index (χ3v) is 3.81. The molecule has 2 aromatic rings. The number of amides is 1. The van der Waals surface area contributed by atoms with E-state index in [0.29, 0.717) is 0 Å². The highest BCUT2D eigenvalue weighted by atomic mass is 19.4. The van der Waals surface area contributed by atoms with Crippen molar-refractivity contribution in [2.45, 2.75) is 38.8 Å². The molecule has 0 spiro atoms. The van der Waals surface area contributed by atoms with Crippen molar-refractivity contribution >= 4 is 12.1 Å². The number of aromatic nitrogens is 4. The number of nitrogens with zero attached hydrogens (tertiary/aromatic N) is 6. The molecule has 1 atom stereocenters. The predicted octanol–water partition coefficient (Wildman–Crippen LogP) is 1.28. The molecule has 1 amide bonds. The summed E-state index contributed by atoms with van der Waals surface area (Å²) in [5.41, 5.74) is -1.94. The fraction of sp³-hybridized carbons (Fsp3) is 0.429. The SMILES string of the molecule is Cc1cc(C)n(Cn2ccc(C(=O)N3N=CCC3(O)C(F)(F)F)n2)n1. The highest BCUT2D eigenvalue weighted by Gasteiger charge is 2.61. The van der Waals surface area contributed by atoms with E-state index in [2.05, 4.69) is 15.3 Å². The minimum absolute atomic E-state index is 0.0168. The van der Waals surface area contributed by atoms with E-state index in [1.807, 2.05) is 19.9 Å². The topological polar surface area (TPSA) is 88.5 Å². The number of hydrogen-bond acceptors (Lipinski definition) is 5. The summed E-state index contributed by atoms with van der Waals surface area (Å²) in [6, 6.07) is 3.12. The van der Waals surface area contributed by atoms with Crippen molar-refractivity contribution in [3.05, 3.63) is 35.4 Å². The fourth-order valence-corrected chi connectivity index (χ4v) is 2.51. The molecule has 1 N–H and O–H groups in total. The van der Waals surface area contributed by atoms with Crippen molar-refractivity contribution in [2.24, 2.45) is 5.10 Å². The predicted molar refractivity (Wildman–Crippen MR) is 79.6 cm³/mol. The van der Waals surface area contributed by atoms with Gasteiger partial charge in [-0.3, -0.25) is 9.48 Å². The van der Waals surface area contributed by atoms with Gasteiger partial charge in [0.2, 0.25) is 0 Å². The molecular formula is C14H15F3N6O2. The molecule has 0 radical (unpaired) electrons. The summed E-state index contributed by atoms with van der Waals surface area (Å²) in [6.07, 6.45) is -3.57. The monoisotopic (exact) mass is 356 g/mol. The minimum atomic E-state index is -5.04. The Morgan fingerprint density at radius 2 is 2.08 bits per heavy atom. The first-order valence-electron chi connectivity index (χ1n) is 7.32. The maximum absolute atomic E-state index is 13.0. The Morgan fingerprint density at radius 1 is 1.36 bits per heavy atom. The van der Waals surface area contributed by atoms with Crippen LogP contribution in [0, 0.1) is 13.8 Å². The van der Waals surface area contributed by atoms with Crippen molar-refractivity contribution in [1.82, 2.24) is 24.6 Å². The average molecular weight is 356 g/mol. The molecule has 11 heteroatoms. The molecule has 2 aromatic heterocycles. The van der Waals surface area contributed by atoms with Crippen LogP contribution in [0.15, 0.2) is 23.4 Å². The molecule has 0 bridgehead atoms. The van der Waals surface area contributed by atoms with E-state index in [9.17, 15) is 23.1 Å². The van der Waals surface area contributed by atoms with Crippen LogP contribution < -0.4 is 0 Å². The van der Waals surface area contributed by atoms with Gasteiger partial charge >= 0.3 is 6.18 Å². The number of halogens is 3. The van der Waals surface area contributed by atoms with Crippen LogP contribution in [0.4, 0.5) is 13.2 Å². The summed E-state index contributed by atoms with van der Waals surface area (Å²) in [6.45, 7) is 3.86. The van der Waals surface area contributed by atoms with E-state index in [4.69, 9.17) is 0 Å². The summed E-state index contributed by atoms with van der Waals surface area (Å²) >= 11 is 0. The van der Waals surface area contributed by atoms with Crippen LogP contribution in [0.1, 0.15) is 28.3 Å². The van der Waals surface area contributed by atoms with E-state index in [0.717, 1.165) is 17.6 Å². The van der Waals surface area contributed by atoms with Gasteiger partial charge in [-0.1, -0.05) is 0 Å². The fourth-order valence-electron chi connectivity index (χ4n) is 2.51. The lowest BCUT2D eigenvalue weighted by Crippen LogP contribution is -2.56. The Labute approximate surface area is 140 Å². The standard InChI is InChI=1S/C14H15F3N6O2/c1-9-7-10(2)22(19-9)8-21-6-3-11(20-21)12(24)23-13(25,4-5-18-23)14(15,16)17/h3,5-7,25H,4,8H2,1-2H3. The summed E-state index contributed by atoms with van der Waals surface area (Å²) in [5, 5.41) is 21.4. The first-order valence-corrected chi connectivity index (χ1v) is 7.32. The number of carbonyl (C=O) groups excluding carboxylic acids is 1.